The molecule has 0 atom stereocenters. The van der Waals surface area contributed by atoms with Gasteiger partial charge in [0.2, 0.25) is 0 Å². The molecule has 1 aromatic rings. The van der Waals surface area contributed by atoms with Crippen molar-refractivity contribution >= 4 is 15.9 Å². The molecule has 0 aliphatic heterocycles. The fraction of sp³-hybridized carbons (Fsp3) is 0. The summed E-state index contributed by atoms with van der Waals surface area (Å²) in [5.41, 5.74) is 0.0608. The molecule has 0 saturated heterocycles. The smallest absolute Gasteiger partial charge is 0.176 e. The van der Waals surface area contributed by atoms with E-state index in [0.29, 0.717) is 4.47 Å². The van der Waals surface area contributed by atoms with Crippen molar-refractivity contribution in [2.45, 2.75) is 0 Å². The second-order valence-electron chi connectivity index (χ2n) is 1.90. The molecule has 4 heteroatoms. The predicted molar refractivity (Wildman–Crippen MR) is 42.2 cm³/mol. The van der Waals surface area contributed by atoms with E-state index in [1.54, 1.807) is 6.07 Å². The van der Waals surface area contributed by atoms with Crippen LogP contribution in [0, 0.1) is 11.3 Å². The number of benzene rings is 1. The Morgan fingerprint density at radius 1 is 1.27 bits per heavy atom. The van der Waals surface area contributed by atoms with E-state index in [-0.39, 0.29) is 17.1 Å². The highest BCUT2D eigenvalue weighted by Crippen LogP contribution is 2.35. The number of phenols is 2. The van der Waals surface area contributed by atoms with Crippen LogP contribution in [0.2, 0.25) is 0 Å². The third-order valence-electron chi connectivity index (χ3n) is 1.22. The number of nitriles is 1. The average Bonchev–Trinajstić information content (AvgIpc) is 2.01. The van der Waals surface area contributed by atoms with Gasteiger partial charge < -0.3 is 10.2 Å². The highest BCUT2D eigenvalue weighted by molar-refractivity contribution is 9.10. The van der Waals surface area contributed by atoms with Gasteiger partial charge in [0, 0.05) is 0 Å². The Hall–Kier alpha value is -1.21. The van der Waals surface area contributed by atoms with Crippen LogP contribution in [0.25, 0.3) is 0 Å². The van der Waals surface area contributed by atoms with E-state index in [2.05, 4.69) is 15.9 Å². The van der Waals surface area contributed by atoms with E-state index in [0.717, 1.165) is 0 Å². The molecule has 0 unspecified atom stereocenters. The van der Waals surface area contributed by atoms with Gasteiger partial charge in [-0.1, -0.05) is 0 Å². The van der Waals surface area contributed by atoms with Crippen LogP contribution in [-0.2, 0) is 0 Å². The van der Waals surface area contributed by atoms with Crippen molar-refractivity contribution < 1.29 is 10.2 Å². The van der Waals surface area contributed by atoms with Crippen LogP contribution in [0.3, 0.4) is 0 Å². The van der Waals surface area contributed by atoms with Gasteiger partial charge in [0.1, 0.15) is 6.07 Å². The summed E-state index contributed by atoms with van der Waals surface area (Å²) in [6, 6.07) is 4.64. The molecule has 1 rings (SSSR count). The van der Waals surface area contributed by atoms with Crippen LogP contribution in [0.4, 0.5) is 0 Å². The van der Waals surface area contributed by atoms with Gasteiger partial charge in [0.05, 0.1) is 10.0 Å². The lowest BCUT2D eigenvalue weighted by Crippen LogP contribution is -1.77. The Kier molecular flexibility index (Phi) is 2.01. The van der Waals surface area contributed by atoms with Gasteiger partial charge in [-0.05, 0) is 28.1 Å². The second-order valence-corrected chi connectivity index (χ2v) is 2.76. The number of hydrogen-bond acceptors (Lipinski definition) is 3. The number of halogens is 1. The lowest BCUT2D eigenvalue weighted by molar-refractivity contribution is 0.400. The summed E-state index contributed by atoms with van der Waals surface area (Å²) in [5.74, 6) is -0.689. The van der Waals surface area contributed by atoms with Gasteiger partial charge in [-0.3, -0.25) is 0 Å². The maximum absolute atomic E-state index is 9.08. The normalized spacial score (nSPS) is 9.09. The van der Waals surface area contributed by atoms with Crippen molar-refractivity contribution in [3.63, 3.8) is 0 Å². The zero-order chi connectivity index (χ0) is 8.43. The van der Waals surface area contributed by atoms with Crippen LogP contribution >= 0.6 is 15.9 Å². The van der Waals surface area contributed by atoms with Crippen molar-refractivity contribution in [1.29, 1.82) is 5.26 Å². The number of nitrogens with zero attached hydrogens (tertiary/aromatic N) is 1. The SMILES string of the molecule is N#Cc1ccc(Br)c(O)c1O. The van der Waals surface area contributed by atoms with Crippen molar-refractivity contribution in [3.8, 4) is 17.6 Å². The topological polar surface area (TPSA) is 64.2 Å². The van der Waals surface area contributed by atoms with Gasteiger partial charge in [-0.2, -0.15) is 5.26 Å². The molecular formula is C7H4BrNO2. The Morgan fingerprint density at radius 3 is 2.45 bits per heavy atom. The minimum absolute atomic E-state index is 0.0608. The van der Waals surface area contributed by atoms with E-state index < -0.39 is 0 Å². The van der Waals surface area contributed by atoms with Gasteiger partial charge in [-0.25, -0.2) is 0 Å². The number of rotatable bonds is 0. The van der Waals surface area contributed by atoms with Gasteiger partial charge in [0.25, 0.3) is 0 Å². The predicted octanol–water partition coefficient (Wildman–Crippen LogP) is 1.73. The van der Waals surface area contributed by atoms with Crippen LogP contribution in [0.5, 0.6) is 11.5 Å². The zero-order valence-corrected chi connectivity index (χ0v) is 6.96. The van der Waals surface area contributed by atoms with Gasteiger partial charge in [-0.15, -0.1) is 0 Å². The van der Waals surface area contributed by atoms with Crippen molar-refractivity contribution in [2.75, 3.05) is 0 Å². The quantitative estimate of drug-likeness (QED) is 0.646. The van der Waals surface area contributed by atoms with Crippen molar-refractivity contribution in [2.24, 2.45) is 0 Å². The third kappa shape index (κ3) is 1.28. The van der Waals surface area contributed by atoms with Crippen LogP contribution in [0.1, 0.15) is 5.56 Å². The Bertz CT molecular complexity index is 330. The molecule has 0 radical (unpaired) electrons. The van der Waals surface area contributed by atoms with Crippen LogP contribution in [-0.4, -0.2) is 10.2 Å². The third-order valence-corrected chi connectivity index (χ3v) is 1.86. The summed E-state index contributed by atoms with van der Waals surface area (Å²) < 4.78 is 0.369. The molecule has 0 spiro atoms. The van der Waals surface area contributed by atoms with E-state index in [9.17, 15) is 0 Å². The molecule has 0 bridgehead atoms. The molecule has 0 aliphatic carbocycles. The van der Waals surface area contributed by atoms with Gasteiger partial charge >= 0.3 is 0 Å². The highest BCUT2D eigenvalue weighted by Gasteiger charge is 2.08. The fourth-order valence-corrected chi connectivity index (χ4v) is 0.965. The summed E-state index contributed by atoms with van der Waals surface area (Å²) >= 11 is 2.99. The minimum atomic E-state index is -0.387. The van der Waals surface area contributed by atoms with Crippen LogP contribution < -0.4 is 0 Å². The Labute approximate surface area is 71.6 Å². The average molecular weight is 214 g/mol. The number of hydrogen-bond donors (Lipinski definition) is 2. The highest BCUT2D eigenvalue weighted by atomic mass is 79.9. The molecule has 0 amide bonds. The van der Waals surface area contributed by atoms with E-state index in [1.165, 1.54) is 12.1 Å². The fourth-order valence-electron chi connectivity index (χ4n) is 0.645. The molecule has 11 heavy (non-hydrogen) atoms. The monoisotopic (exact) mass is 213 g/mol. The second kappa shape index (κ2) is 2.81. The number of aromatic hydroxyl groups is 2. The summed E-state index contributed by atoms with van der Waals surface area (Å²) in [5, 5.41) is 26.5. The van der Waals surface area contributed by atoms with E-state index in [4.69, 9.17) is 15.5 Å². The lowest BCUT2D eigenvalue weighted by atomic mass is 10.2. The molecule has 1 aromatic carbocycles. The molecule has 0 aliphatic rings. The van der Waals surface area contributed by atoms with Crippen molar-refractivity contribution in [1.82, 2.24) is 0 Å². The van der Waals surface area contributed by atoms with E-state index in [1.807, 2.05) is 0 Å². The first-order valence-electron chi connectivity index (χ1n) is 2.77. The standard InChI is InChI=1S/C7H4BrNO2/c8-5-2-1-4(3-9)6(10)7(5)11/h1-2,10-11H. The maximum Gasteiger partial charge on any atom is 0.176 e. The molecule has 0 fully saturated rings. The number of phenolic OH excluding ortho intramolecular Hbond substituents is 2. The first-order valence-corrected chi connectivity index (χ1v) is 3.56. The van der Waals surface area contributed by atoms with E-state index >= 15 is 0 Å². The molecule has 0 saturated carbocycles. The molecule has 2 N–H and O–H groups in total. The maximum atomic E-state index is 9.08. The molecule has 0 aromatic heterocycles. The molecular weight excluding hydrogens is 210 g/mol. The van der Waals surface area contributed by atoms with Crippen molar-refractivity contribution in [3.05, 3.63) is 22.2 Å². The summed E-state index contributed by atoms with van der Waals surface area (Å²) in [7, 11) is 0. The Balaban J connectivity index is 3.40. The zero-order valence-electron chi connectivity index (χ0n) is 5.37. The summed E-state index contributed by atoms with van der Waals surface area (Å²) in [4.78, 5) is 0. The Morgan fingerprint density at radius 2 is 1.91 bits per heavy atom. The van der Waals surface area contributed by atoms with Crippen LogP contribution in [0.15, 0.2) is 16.6 Å². The molecule has 56 valence electrons. The molecule has 3 nitrogen and oxygen atoms in total. The summed E-state index contributed by atoms with van der Waals surface area (Å²) in [6.07, 6.45) is 0. The minimum Gasteiger partial charge on any atom is -0.503 e. The van der Waals surface area contributed by atoms with Gasteiger partial charge in [0.15, 0.2) is 11.5 Å². The molecule has 0 heterocycles. The summed E-state index contributed by atoms with van der Waals surface area (Å²) in [6.45, 7) is 0. The first-order chi connectivity index (χ1) is 5.16. The largest absolute Gasteiger partial charge is 0.503 e. The first kappa shape index (κ1) is 7.89. The lowest BCUT2D eigenvalue weighted by Gasteiger charge is -2.00.